The molecule has 116 valence electrons. The van der Waals surface area contributed by atoms with Crippen LogP contribution in [0, 0.1) is 5.92 Å². The SMILES string of the molecule is O=C(NCc1nccs1)C1CC1c1cccc(C(F)(F)F)c1. The quantitative estimate of drug-likeness (QED) is 0.933. The fraction of sp³-hybridized carbons (Fsp3) is 0.333. The summed E-state index contributed by atoms with van der Waals surface area (Å²) >= 11 is 1.45. The summed E-state index contributed by atoms with van der Waals surface area (Å²) in [5.41, 5.74) is -0.0944. The average molecular weight is 326 g/mol. The van der Waals surface area contributed by atoms with Gasteiger partial charge in [0.1, 0.15) is 5.01 Å². The Morgan fingerprint density at radius 2 is 2.23 bits per heavy atom. The normalized spacial score (nSPS) is 20.7. The molecule has 1 aliphatic rings. The van der Waals surface area contributed by atoms with E-state index in [1.54, 1.807) is 12.3 Å². The number of aromatic nitrogens is 1. The van der Waals surface area contributed by atoms with Crippen molar-refractivity contribution in [3.8, 4) is 0 Å². The van der Waals surface area contributed by atoms with E-state index in [1.807, 2.05) is 5.38 Å². The Labute approximate surface area is 129 Å². The van der Waals surface area contributed by atoms with Crippen molar-refractivity contribution in [1.82, 2.24) is 10.3 Å². The van der Waals surface area contributed by atoms with Crippen molar-refractivity contribution in [1.29, 1.82) is 0 Å². The monoisotopic (exact) mass is 326 g/mol. The highest BCUT2D eigenvalue weighted by Crippen LogP contribution is 2.48. The van der Waals surface area contributed by atoms with E-state index < -0.39 is 11.7 Å². The van der Waals surface area contributed by atoms with Crippen molar-refractivity contribution >= 4 is 17.2 Å². The van der Waals surface area contributed by atoms with Gasteiger partial charge in [-0.05, 0) is 24.0 Å². The molecule has 0 aliphatic heterocycles. The van der Waals surface area contributed by atoms with E-state index in [0.29, 0.717) is 18.5 Å². The zero-order valence-corrected chi connectivity index (χ0v) is 12.2. The van der Waals surface area contributed by atoms with Gasteiger partial charge in [0.2, 0.25) is 5.91 Å². The first-order chi connectivity index (χ1) is 10.4. The molecule has 1 aromatic carbocycles. The van der Waals surface area contributed by atoms with Crippen LogP contribution in [0.15, 0.2) is 35.8 Å². The molecule has 3 rings (SSSR count). The van der Waals surface area contributed by atoms with Crippen molar-refractivity contribution in [2.45, 2.75) is 25.1 Å². The summed E-state index contributed by atoms with van der Waals surface area (Å²) in [4.78, 5) is 16.1. The van der Waals surface area contributed by atoms with Crippen molar-refractivity contribution < 1.29 is 18.0 Å². The number of alkyl halides is 3. The van der Waals surface area contributed by atoms with E-state index in [-0.39, 0.29) is 17.7 Å². The minimum absolute atomic E-state index is 0.126. The van der Waals surface area contributed by atoms with Crippen molar-refractivity contribution in [2.24, 2.45) is 5.92 Å². The highest BCUT2D eigenvalue weighted by atomic mass is 32.1. The lowest BCUT2D eigenvalue weighted by Gasteiger charge is -2.08. The number of carbonyl (C=O) groups excluding carboxylic acids is 1. The second-order valence-electron chi connectivity index (χ2n) is 5.22. The van der Waals surface area contributed by atoms with Crippen LogP contribution in [0.25, 0.3) is 0 Å². The molecule has 1 heterocycles. The third kappa shape index (κ3) is 3.30. The van der Waals surface area contributed by atoms with Gasteiger partial charge in [0.05, 0.1) is 12.1 Å². The molecule has 1 aliphatic carbocycles. The number of nitrogens with zero attached hydrogens (tertiary/aromatic N) is 1. The Balaban J connectivity index is 1.61. The Bertz CT molecular complexity index is 670. The molecule has 1 saturated carbocycles. The van der Waals surface area contributed by atoms with Crippen LogP contribution >= 0.6 is 11.3 Å². The van der Waals surface area contributed by atoms with E-state index in [0.717, 1.165) is 17.1 Å². The fourth-order valence-electron chi connectivity index (χ4n) is 2.43. The van der Waals surface area contributed by atoms with Gasteiger partial charge in [-0.15, -0.1) is 11.3 Å². The summed E-state index contributed by atoms with van der Waals surface area (Å²) in [6, 6.07) is 5.22. The van der Waals surface area contributed by atoms with Gasteiger partial charge in [-0.25, -0.2) is 4.98 Å². The molecule has 0 bridgehead atoms. The van der Waals surface area contributed by atoms with Crippen molar-refractivity contribution in [3.05, 3.63) is 52.0 Å². The smallest absolute Gasteiger partial charge is 0.349 e. The summed E-state index contributed by atoms with van der Waals surface area (Å²) < 4.78 is 38.1. The third-order valence-electron chi connectivity index (χ3n) is 3.67. The Hall–Kier alpha value is -1.89. The molecular formula is C15H13F3N2OS. The first-order valence-electron chi connectivity index (χ1n) is 6.78. The lowest BCUT2D eigenvalue weighted by atomic mass is 10.1. The highest BCUT2D eigenvalue weighted by Gasteiger charge is 2.44. The molecule has 3 nitrogen and oxygen atoms in total. The van der Waals surface area contributed by atoms with Crippen LogP contribution in [0.3, 0.4) is 0 Å². The maximum Gasteiger partial charge on any atom is 0.416 e. The molecule has 2 aromatic rings. The number of hydrogen-bond donors (Lipinski definition) is 1. The molecular weight excluding hydrogens is 313 g/mol. The highest BCUT2D eigenvalue weighted by molar-refractivity contribution is 7.09. The van der Waals surface area contributed by atoms with Crippen LogP contribution in [-0.2, 0) is 17.5 Å². The van der Waals surface area contributed by atoms with Crippen LogP contribution in [0.1, 0.15) is 28.5 Å². The molecule has 0 saturated heterocycles. The third-order valence-corrected chi connectivity index (χ3v) is 4.45. The predicted molar refractivity (Wildman–Crippen MR) is 76.3 cm³/mol. The molecule has 7 heteroatoms. The average Bonchev–Trinajstić information content (AvgIpc) is 3.12. The minimum atomic E-state index is -4.35. The van der Waals surface area contributed by atoms with Gasteiger partial charge < -0.3 is 5.32 Å². The standard InChI is InChI=1S/C15H13F3N2OS/c16-15(17,18)10-3-1-2-9(6-10)11-7-12(11)14(21)20-8-13-19-4-5-22-13/h1-6,11-12H,7-8H2,(H,20,21). The van der Waals surface area contributed by atoms with E-state index in [4.69, 9.17) is 0 Å². The lowest BCUT2D eigenvalue weighted by Crippen LogP contribution is -2.24. The fourth-order valence-corrected chi connectivity index (χ4v) is 2.99. The second-order valence-corrected chi connectivity index (χ2v) is 6.19. The number of hydrogen-bond acceptors (Lipinski definition) is 3. The number of rotatable bonds is 4. The van der Waals surface area contributed by atoms with Crippen LogP contribution in [-0.4, -0.2) is 10.9 Å². The van der Waals surface area contributed by atoms with Gasteiger partial charge in [-0.2, -0.15) is 13.2 Å². The number of thiazole rings is 1. The van der Waals surface area contributed by atoms with Crippen LogP contribution < -0.4 is 5.32 Å². The summed E-state index contributed by atoms with van der Waals surface area (Å²) in [6.07, 6.45) is -2.10. The van der Waals surface area contributed by atoms with Gasteiger partial charge in [0.15, 0.2) is 0 Å². The predicted octanol–water partition coefficient (Wildman–Crippen LogP) is 3.58. The first kappa shape index (κ1) is 15.0. The Morgan fingerprint density at radius 3 is 2.91 bits per heavy atom. The van der Waals surface area contributed by atoms with E-state index in [9.17, 15) is 18.0 Å². The molecule has 0 spiro atoms. The number of halogens is 3. The molecule has 1 amide bonds. The number of carbonyl (C=O) groups is 1. The van der Waals surface area contributed by atoms with E-state index >= 15 is 0 Å². The van der Waals surface area contributed by atoms with Crippen LogP contribution in [0.2, 0.25) is 0 Å². The first-order valence-corrected chi connectivity index (χ1v) is 7.66. The van der Waals surface area contributed by atoms with Crippen molar-refractivity contribution in [3.63, 3.8) is 0 Å². The number of nitrogens with one attached hydrogen (secondary N) is 1. The van der Waals surface area contributed by atoms with Gasteiger partial charge >= 0.3 is 6.18 Å². The second kappa shape index (κ2) is 5.72. The minimum Gasteiger partial charge on any atom is -0.349 e. The Morgan fingerprint density at radius 1 is 1.41 bits per heavy atom. The molecule has 2 unspecified atom stereocenters. The summed E-state index contributed by atoms with van der Waals surface area (Å²) in [5.74, 6) is -0.500. The number of benzene rings is 1. The number of amides is 1. The zero-order chi connectivity index (χ0) is 15.7. The van der Waals surface area contributed by atoms with Crippen molar-refractivity contribution in [2.75, 3.05) is 0 Å². The van der Waals surface area contributed by atoms with Gasteiger partial charge in [-0.3, -0.25) is 4.79 Å². The molecule has 0 radical (unpaired) electrons. The zero-order valence-electron chi connectivity index (χ0n) is 11.4. The largest absolute Gasteiger partial charge is 0.416 e. The van der Waals surface area contributed by atoms with Gasteiger partial charge in [0, 0.05) is 17.5 Å². The molecule has 22 heavy (non-hydrogen) atoms. The van der Waals surface area contributed by atoms with Crippen LogP contribution in [0.4, 0.5) is 13.2 Å². The molecule has 1 fully saturated rings. The van der Waals surface area contributed by atoms with Gasteiger partial charge in [0.25, 0.3) is 0 Å². The molecule has 2 atom stereocenters. The van der Waals surface area contributed by atoms with E-state index in [2.05, 4.69) is 10.3 Å². The topological polar surface area (TPSA) is 42.0 Å². The summed E-state index contributed by atoms with van der Waals surface area (Å²) in [5, 5.41) is 5.41. The molecule has 1 aromatic heterocycles. The summed E-state index contributed by atoms with van der Waals surface area (Å²) in [7, 11) is 0. The Kier molecular flexibility index (Phi) is 3.90. The van der Waals surface area contributed by atoms with E-state index in [1.165, 1.54) is 17.4 Å². The maximum absolute atomic E-state index is 12.7. The van der Waals surface area contributed by atoms with Gasteiger partial charge in [-0.1, -0.05) is 18.2 Å². The molecule has 1 N–H and O–H groups in total. The van der Waals surface area contributed by atoms with Crippen LogP contribution in [0.5, 0.6) is 0 Å². The summed E-state index contributed by atoms with van der Waals surface area (Å²) in [6.45, 7) is 0.363. The lowest BCUT2D eigenvalue weighted by molar-refractivity contribution is -0.137. The maximum atomic E-state index is 12.7.